The third-order valence-electron chi connectivity index (χ3n) is 2.63. The first-order valence-electron chi connectivity index (χ1n) is 5.60. The molecule has 1 aromatic carbocycles. The van der Waals surface area contributed by atoms with Crippen molar-refractivity contribution in [1.82, 2.24) is 9.55 Å². The standard InChI is InChI=1S/C13H19N3/c1-9-6-5-7-10-11(9)16(12(14)15-10)8-13(2,3)4/h5-7H,8H2,1-4H3,(H2,14,15). The predicted octanol–water partition coefficient (Wildman–Crippen LogP) is 2.97. The summed E-state index contributed by atoms with van der Waals surface area (Å²) >= 11 is 0. The minimum absolute atomic E-state index is 0.198. The van der Waals surface area contributed by atoms with Crippen molar-refractivity contribution in [2.75, 3.05) is 5.73 Å². The van der Waals surface area contributed by atoms with Crippen LogP contribution in [-0.2, 0) is 6.54 Å². The molecule has 0 atom stereocenters. The molecule has 2 rings (SSSR count). The monoisotopic (exact) mass is 217 g/mol. The number of aryl methyl sites for hydroxylation is 1. The van der Waals surface area contributed by atoms with Crippen LogP contribution in [-0.4, -0.2) is 9.55 Å². The van der Waals surface area contributed by atoms with Crippen molar-refractivity contribution in [3.8, 4) is 0 Å². The molecule has 0 fully saturated rings. The fourth-order valence-corrected chi connectivity index (χ4v) is 2.02. The molecule has 0 saturated heterocycles. The van der Waals surface area contributed by atoms with Crippen LogP contribution in [0.5, 0.6) is 0 Å². The molecular formula is C13H19N3. The van der Waals surface area contributed by atoms with Gasteiger partial charge in [0.25, 0.3) is 0 Å². The number of nitrogen functional groups attached to an aromatic ring is 1. The van der Waals surface area contributed by atoms with Gasteiger partial charge in [-0.05, 0) is 24.0 Å². The molecule has 86 valence electrons. The van der Waals surface area contributed by atoms with Gasteiger partial charge in [-0.1, -0.05) is 32.9 Å². The van der Waals surface area contributed by atoms with E-state index in [0.717, 1.165) is 17.6 Å². The van der Waals surface area contributed by atoms with E-state index in [0.29, 0.717) is 5.95 Å². The first-order chi connectivity index (χ1) is 7.38. The van der Waals surface area contributed by atoms with Gasteiger partial charge in [-0.25, -0.2) is 4.98 Å². The first kappa shape index (κ1) is 11.0. The molecule has 0 aliphatic rings. The van der Waals surface area contributed by atoms with Crippen LogP contribution in [0, 0.1) is 12.3 Å². The molecule has 2 aromatic rings. The molecule has 1 heterocycles. The lowest BCUT2D eigenvalue weighted by Gasteiger charge is -2.20. The van der Waals surface area contributed by atoms with Crippen molar-refractivity contribution in [3.63, 3.8) is 0 Å². The minimum Gasteiger partial charge on any atom is -0.369 e. The normalized spacial score (nSPS) is 12.2. The molecule has 0 bridgehead atoms. The van der Waals surface area contributed by atoms with Crippen LogP contribution >= 0.6 is 0 Å². The van der Waals surface area contributed by atoms with Crippen LogP contribution in [0.25, 0.3) is 11.0 Å². The average Bonchev–Trinajstić information content (AvgIpc) is 2.42. The lowest BCUT2D eigenvalue weighted by Crippen LogP contribution is -2.17. The average molecular weight is 217 g/mol. The summed E-state index contributed by atoms with van der Waals surface area (Å²) in [7, 11) is 0. The molecule has 0 aliphatic carbocycles. The quantitative estimate of drug-likeness (QED) is 0.798. The topological polar surface area (TPSA) is 43.8 Å². The van der Waals surface area contributed by atoms with Crippen LogP contribution in [0.15, 0.2) is 18.2 Å². The van der Waals surface area contributed by atoms with Gasteiger partial charge in [-0.2, -0.15) is 0 Å². The van der Waals surface area contributed by atoms with Crippen LogP contribution in [0.2, 0.25) is 0 Å². The SMILES string of the molecule is Cc1cccc2nc(N)n(CC(C)(C)C)c12. The number of benzene rings is 1. The van der Waals surface area contributed by atoms with E-state index < -0.39 is 0 Å². The van der Waals surface area contributed by atoms with Gasteiger partial charge >= 0.3 is 0 Å². The predicted molar refractivity (Wildman–Crippen MR) is 68.3 cm³/mol. The molecule has 0 spiro atoms. The smallest absolute Gasteiger partial charge is 0.201 e. The molecule has 0 saturated carbocycles. The maximum atomic E-state index is 5.98. The second-order valence-electron chi connectivity index (χ2n) is 5.56. The Labute approximate surface area is 96.3 Å². The van der Waals surface area contributed by atoms with Crippen LogP contribution < -0.4 is 5.73 Å². The summed E-state index contributed by atoms with van der Waals surface area (Å²) in [6.07, 6.45) is 0. The van der Waals surface area contributed by atoms with E-state index in [4.69, 9.17) is 5.73 Å². The van der Waals surface area contributed by atoms with E-state index in [1.807, 2.05) is 12.1 Å². The second-order valence-corrected chi connectivity index (χ2v) is 5.56. The highest BCUT2D eigenvalue weighted by Gasteiger charge is 2.16. The van der Waals surface area contributed by atoms with Gasteiger partial charge < -0.3 is 10.3 Å². The van der Waals surface area contributed by atoms with Gasteiger partial charge in [-0.3, -0.25) is 0 Å². The van der Waals surface area contributed by atoms with E-state index in [9.17, 15) is 0 Å². The fraction of sp³-hybridized carbons (Fsp3) is 0.462. The lowest BCUT2D eigenvalue weighted by molar-refractivity contribution is 0.351. The number of imidazole rings is 1. The van der Waals surface area contributed by atoms with Crippen LogP contribution in [0.1, 0.15) is 26.3 Å². The summed E-state index contributed by atoms with van der Waals surface area (Å²) < 4.78 is 2.12. The maximum Gasteiger partial charge on any atom is 0.201 e. The number of hydrogen-bond acceptors (Lipinski definition) is 2. The Morgan fingerprint density at radius 3 is 2.62 bits per heavy atom. The minimum atomic E-state index is 0.198. The molecule has 1 aromatic heterocycles. The number of fused-ring (bicyclic) bond motifs is 1. The Morgan fingerprint density at radius 1 is 1.31 bits per heavy atom. The van der Waals surface area contributed by atoms with Crippen molar-refractivity contribution in [2.45, 2.75) is 34.2 Å². The molecule has 0 amide bonds. The van der Waals surface area contributed by atoms with Gasteiger partial charge in [0.2, 0.25) is 5.95 Å². The third-order valence-corrected chi connectivity index (χ3v) is 2.63. The Hall–Kier alpha value is -1.51. The number of rotatable bonds is 1. The molecule has 16 heavy (non-hydrogen) atoms. The summed E-state index contributed by atoms with van der Waals surface area (Å²) in [6, 6.07) is 6.13. The van der Waals surface area contributed by atoms with Crippen molar-refractivity contribution in [1.29, 1.82) is 0 Å². The summed E-state index contributed by atoms with van der Waals surface area (Å²) in [5.74, 6) is 0.610. The fourth-order valence-electron chi connectivity index (χ4n) is 2.02. The van der Waals surface area contributed by atoms with Gasteiger partial charge in [0.15, 0.2) is 0 Å². The van der Waals surface area contributed by atoms with Gasteiger partial charge in [0.05, 0.1) is 11.0 Å². The van der Waals surface area contributed by atoms with Gasteiger partial charge in [0, 0.05) is 6.54 Å². The van der Waals surface area contributed by atoms with Crippen LogP contribution in [0.3, 0.4) is 0 Å². The van der Waals surface area contributed by atoms with Crippen molar-refractivity contribution in [2.24, 2.45) is 5.41 Å². The number of aromatic nitrogens is 2. The molecule has 0 unspecified atom stereocenters. The van der Waals surface area contributed by atoms with E-state index in [2.05, 4.69) is 43.3 Å². The Bertz CT molecular complexity index is 518. The molecule has 3 nitrogen and oxygen atoms in total. The Morgan fingerprint density at radius 2 is 2.00 bits per heavy atom. The lowest BCUT2D eigenvalue weighted by atomic mass is 9.96. The van der Waals surface area contributed by atoms with E-state index in [1.54, 1.807) is 0 Å². The zero-order valence-electron chi connectivity index (χ0n) is 10.4. The zero-order chi connectivity index (χ0) is 11.9. The summed E-state index contributed by atoms with van der Waals surface area (Å²) in [4.78, 5) is 4.40. The summed E-state index contributed by atoms with van der Waals surface area (Å²) in [5.41, 5.74) is 9.56. The van der Waals surface area contributed by atoms with E-state index >= 15 is 0 Å². The zero-order valence-corrected chi connectivity index (χ0v) is 10.4. The number of nitrogens with two attached hydrogens (primary N) is 1. The molecule has 0 radical (unpaired) electrons. The molecule has 2 N–H and O–H groups in total. The Kier molecular flexibility index (Phi) is 2.41. The van der Waals surface area contributed by atoms with Crippen molar-refractivity contribution >= 4 is 17.0 Å². The summed E-state index contributed by atoms with van der Waals surface area (Å²) in [5, 5.41) is 0. The van der Waals surface area contributed by atoms with Gasteiger partial charge in [-0.15, -0.1) is 0 Å². The number of para-hydroxylation sites is 1. The van der Waals surface area contributed by atoms with E-state index in [1.165, 1.54) is 5.56 Å². The highest BCUT2D eigenvalue weighted by atomic mass is 15.2. The molecule has 3 heteroatoms. The first-order valence-corrected chi connectivity index (χ1v) is 5.60. The summed E-state index contributed by atoms with van der Waals surface area (Å²) in [6.45, 7) is 9.60. The number of hydrogen-bond donors (Lipinski definition) is 1. The Balaban J connectivity index is 2.64. The maximum absolute atomic E-state index is 5.98. The molecular weight excluding hydrogens is 198 g/mol. The number of nitrogens with zero attached hydrogens (tertiary/aromatic N) is 2. The molecule has 0 aliphatic heterocycles. The van der Waals surface area contributed by atoms with Crippen LogP contribution in [0.4, 0.5) is 5.95 Å². The largest absolute Gasteiger partial charge is 0.369 e. The third kappa shape index (κ3) is 1.90. The van der Waals surface area contributed by atoms with Crippen molar-refractivity contribution in [3.05, 3.63) is 23.8 Å². The van der Waals surface area contributed by atoms with Crippen molar-refractivity contribution < 1.29 is 0 Å². The van der Waals surface area contributed by atoms with Gasteiger partial charge in [0.1, 0.15) is 0 Å². The van der Waals surface area contributed by atoms with E-state index in [-0.39, 0.29) is 5.41 Å². The highest BCUT2D eigenvalue weighted by Crippen LogP contribution is 2.26. The number of anilines is 1. The second kappa shape index (κ2) is 3.51. The highest BCUT2D eigenvalue weighted by molar-refractivity contribution is 5.81.